The first-order valence-electron chi connectivity index (χ1n) is 6.51. The molecule has 4 heteroatoms. The van der Waals surface area contributed by atoms with Crippen LogP contribution in [0.1, 0.15) is 33.8 Å². The standard InChI is InChI=1S/C15H18N4/c1-9-5-10(2)13(11(3)6-9)8-15-17-16-14-7-12(4)18-19(14)15/h5-7,18H,8H2,1-4H3. The zero-order valence-electron chi connectivity index (χ0n) is 11.8. The van der Waals surface area contributed by atoms with Crippen molar-refractivity contribution in [2.45, 2.75) is 34.1 Å². The van der Waals surface area contributed by atoms with Gasteiger partial charge in [0.1, 0.15) is 0 Å². The maximum absolute atomic E-state index is 4.28. The Labute approximate surface area is 112 Å². The molecule has 4 nitrogen and oxygen atoms in total. The number of hydrogen-bond acceptors (Lipinski definition) is 2. The van der Waals surface area contributed by atoms with Crippen LogP contribution < -0.4 is 0 Å². The molecule has 0 fully saturated rings. The molecule has 98 valence electrons. The minimum atomic E-state index is 0.805. The monoisotopic (exact) mass is 254 g/mol. The summed E-state index contributed by atoms with van der Waals surface area (Å²) < 4.78 is 1.97. The van der Waals surface area contributed by atoms with Crippen LogP contribution in [0.25, 0.3) is 5.65 Å². The van der Waals surface area contributed by atoms with Gasteiger partial charge < -0.3 is 0 Å². The lowest BCUT2D eigenvalue weighted by Crippen LogP contribution is -2.02. The zero-order valence-corrected chi connectivity index (χ0v) is 11.8. The number of H-pyrrole nitrogens is 1. The predicted octanol–water partition coefficient (Wildman–Crippen LogP) is 2.88. The number of rotatable bonds is 2. The molecule has 0 radical (unpaired) electrons. The van der Waals surface area contributed by atoms with Crippen molar-refractivity contribution in [2.24, 2.45) is 0 Å². The summed E-state index contributed by atoms with van der Waals surface area (Å²) in [6.45, 7) is 8.48. The van der Waals surface area contributed by atoms with Gasteiger partial charge in [-0.25, -0.2) is 4.52 Å². The van der Waals surface area contributed by atoms with Gasteiger partial charge in [0, 0.05) is 18.2 Å². The van der Waals surface area contributed by atoms with Gasteiger partial charge in [-0.05, 0) is 44.4 Å². The largest absolute Gasteiger partial charge is 0.295 e. The van der Waals surface area contributed by atoms with Gasteiger partial charge >= 0.3 is 0 Å². The number of aromatic amines is 1. The molecule has 0 unspecified atom stereocenters. The Morgan fingerprint density at radius 2 is 1.68 bits per heavy atom. The minimum Gasteiger partial charge on any atom is -0.295 e. The van der Waals surface area contributed by atoms with Crippen LogP contribution in [0.4, 0.5) is 0 Å². The highest BCUT2D eigenvalue weighted by Crippen LogP contribution is 2.19. The topological polar surface area (TPSA) is 46.0 Å². The Morgan fingerprint density at radius 3 is 2.37 bits per heavy atom. The van der Waals surface area contributed by atoms with Crippen LogP contribution in [0, 0.1) is 27.7 Å². The van der Waals surface area contributed by atoms with Crippen LogP contribution in [0.5, 0.6) is 0 Å². The Morgan fingerprint density at radius 1 is 1.00 bits per heavy atom. The molecule has 2 aromatic heterocycles. The van der Waals surface area contributed by atoms with Crippen LogP contribution >= 0.6 is 0 Å². The van der Waals surface area contributed by atoms with Gasteiger partial charge in [0.2, 0.25) is 0 Å². The molecular formula is C15H18N4. The van der Waals surface area contributed by atoms with Gasteiger partial charge in [0.05, 0.1) is 0 Å². The van der Waals surface area contributed by atoms with Crippen molar-refractivity contribution in [1.29, 1.82) is 0 Å². The number of nitrogens with one attached hydrogen (secondary N) is 1. The molecular weight excluding hydrogens is 236 g/mol. The number of nitrogens with zero attached hydrogens (tertiary/aromatic N) is 3. The molecule has 3 aromatic rings. The van der Waals surface area contributed by atoms with Gasteiger partial charge in [-0.15, -0.1) is 10.2 Å². The smallest absolute Gasteiger partial charge is 0.177 e. The lowest BCUT2D eigenvalue weighted by molar-refractivity contribution is 0.833. The predicted molar refractivity (Wildman–Crippen MR) is 75.5 cm³/mol. The molecule has 1 aromatic carbocycles. The molecule has 0 atom stereocenters. The number of hydrogen-bond donors (Lipinski definition) is 1. The third-order valence-corrected chi connectivity index (χ3v) is 3.56. The maximum Gasteiger partial charge on any atom is 0.177 e. The third-order valence-electron chi connectivity index (χ3n) is 3.56. The van der Waals surface area contributed by atoms with E-state index in [0.717, 1.165) is 23.6 Å². The molecule has 0 aliphatic heterocycles. The second-order valence-electron chi connectivity index (χ2n) is 5.30. The summed E-state index contributed by atoms with van der Waals surface area (Å²) in [5.41, 5.74) is 7.27. The van der Waals surface area contributed by atoms with Crippen molar-refractivity contribution in [3.05, 3.63) is 52.0 Å². The van der Waals surface area contributed by atoms with Crippen molar-refractivity contribution in [2.75, 3.05) is 0 Å². The highest BCUT2D eigenvalue weighted by atomic mass is 15.4. The van der Waals surface area contributed by atoms with Gasteiger partial charge in [-0.2, -0.15) is 0 Å². The molecule has 0 aliphatic rings. The van der Waals surface area contributed by atoms with E-state index in [1.807, 2.05) is 17.5 Å². The first-order valence-corrected chi connectivity index (χ1v) is 6.51. The summed E-state index contributed by atoms with van der Waals surface area (Å²) >= 11 is 0. The van der Waals surface area contributed by atoms with Gasteiger partial charge in [0.25, 0.3) is 0 Å². The summed E-state index contributed by atoms with van der Waals surface area (Å²) in [6, 6.07) is 6.45. The van der Waals surface area contributed by atoms with Crippen LogP contribution in [0.3, 0.4) is 0 Å². The minimum absolute atomic E-state index is 0.805. The molecule has 19 heavy (non-hydrogen) atoms. The van der Waals surface area contributed by atoms with Crippen LogP contribution in [-0.2, 0) is 6.42 Å². The normalized spacial score (nSPS) is 11.4. The molecule has 0 amide bonds. The molecule has 0 saturated heterocycles. The fraction of sp³-hybridized carbons (Fsp3) is 0.333. The average molecular weight is 254 g/mol. The van der Waals surface area contributed by atoms with Gasteiger partial charge in [-0.1, -0.05) is 17.7 Å². The SMILES string of the molecule is Cc1cc(C)c(Cc2nnc3cc(C)[nH]n23)c(C)c1. The Kier molecular flexibility index (Phi) is 2.66. The Balaban J connectivity index is 2.05. The number of aromatic nitrogens is 4. The van der Waals surface area contributed by atoms with Gasteiger partial charge in [0.15, 0.2) is 11.5 Å². The van der Waals surface area contributed by atoms with E-state index in [-0.39, 0.29) is 0 Å². The number of fused-ring (bicyclic) bond motifs is 1. The summed E-state index contributed by atoms with van der Waals surface area (Å²) in [6.07, 6.45) is 0.805. The zero-order chi connectivity index (χ0) is 13.6. The van der Waals surface area contributed by atoms with E-state index in [1.165, 1.54) is 22.3 Å². The van der Waals surface area contributed by atoms with Crippen molar-refractivity contribution in [1.82, 2.24) is 19.8 Å². The molecule has 0 bridgehead atoms. The highest BCUT2D eigenvalue weighted by Gasteiger charge is 2.11. The van der Waals surface area contributed by atoms with Crippen LogP contribution in [0.2, 0.25) is 0 Å². The summed E-state index contributed by atoms with van der Waals surface area (Å²) in [7, 11) is 0. The van der Waals surface area contributed by atoms with Crippen LogP contribution in [-0.4, -0.2) is 19.8 Å². The third kappa shape index (κ3) is 2.03. The lowest BCUT2D eigenvalue weighted by Gasteiger charge is -2.10. The van der Waals surface area contributed by atoms with Crippen LogP contribution in [0.15, 0.2) is 18.2 Å². The van der Waals surface area contributed by atoms with Crippen molar-refractivity contribution in [3.8, 4) is 0 Å². The fourth-order valence-corrected chi connectivity index (χ4v) is 2.71. The van der Waals surface area contributed by atoms with Crippen molar-refractivity contribution >= 4 is 5.65 Å². The van der Waals surface area contributed by atoms with E-state index in [1.54, 1.807) is 0 Å². The maximum atomic E-state index is 4.28. The molecule has 0 aliphatic carbocycles. The first-order chi connectivity index (χ1) is 9.04. The average Bonchev–Trinajstić information content (AvgIpc) is 2.83. The van der Waals surface area contributed by atoms with Gasteiger partial charge in [-0.3, -0.25) is 5.10 Å². The van der Waals surface area contributed by atoms with Crippen molar-refractivity contribution < 1.29 is 0 Å². The summed E-state index contributed by atoms with van der Waals surface area (Å²) in [5, 5.41) is 11.7. The van der Waals surface area contributed by atoms with E-state index in [9.17, 15) is 0 Å². The summed E-state index contributed by atoms with van der Waals surface area (Å²) in [5.74, 6) is 0.957. The van der Waals surface area contributed by atoms with E-state index in [0.29, 0.717) is 0 Å². The first kappa shape index (κ1) is 12.0. The second-order valence-corrected chi connectivity index (χ2v) is 5.30. The Hall–Kier alpha value is -2.10. The molecule has 0 spiro atoms. The van der Waals surface area contributed by atoms with Crippen molar-refractivity contribution in [3.63, 3.8) is 0 Å². The van der Waals surface area contributed by atoms with E-state index in [4.69, 9.17) is 0 Å². The summed E-state index contributed by atoms with van der Waals surface area (Å²) in [4.78, 5) is 0. The Bertz CT molecular complexity index is 726. The quantitative estimate of drug-likeness (QED) is 0.764. The number of aryl methyl sites for hydroxylation is 4. The highest BCUT2D eigenvalue weighted by molar-refractivity contribution is 5.42. The molecule has 2 heterocycles. The fourth-order valence-electron chi connectivity index (χ4n) is 2.71. The number of benzene rings is 1. The van der Waals surface area contributed by atoms with E-state index in [2.05, 4.69) is 48.2 Å². The lowest BCUT2D eigenvalue weighted by atomic mass is 9.97. The van der Waals surface area contributed by atoms with E-state index < -0.39 is 0 Å². The molecule has 3 rings (SSSR count). The van der Waals surface area contributed by atoms with E-state index >= 15 is 0 Å². The second kappa shape index (κ2) is 4.23. The molecule has 1 N–H and O–H groups in total. The molecule has 0 saturated carbocycles.